The lowest BCUT2D eigenvalue weighted by molar-refractivity contribution is 0.0921. The third-order valence-corrected chi connectivity index (χ3v) is 8.19. The lowest BCUT2D eigenvalue weighted by Gasteiger charge is -2.22. The highest BCUT2D eigenvalue weighted by atomic mass is 35.5. The number of halogens is 1. The van der Waals surface area contributed by atoms with Crippen molar-refractivity contribution in [2.75, 3.05) is 18.1 Å². The number of thiophene rings is 1. The van der Waals surface area contributed by atoms with Crippen LogP contribution in [0.1, 0.15) is 35.0 Å². The number of fused-ring (bicyclic) bond motifs is 2. The molecule has 7 heteroatoms. The van der Waals surface area contributed by atoms with Crippen LogP contribution in [0.5, 0.6) is 0 Å². The Morgan fingerprint density at radius 3 is 2.80 bits per heavy atom. The summed E-state index contributed by atoms with van der Waals surface area (Å²) in [4.78, 5) is 20.9. The van der Waals surface area contributed by atoms with Crippen molar-refractivity contribution in [2.45, 2.75) is 32.3 Å². The summed E-state index contributed by atoms with van der Waals surface area (Å²) in [6, 6.07) is 14.1. The van der Waals surface area contributed by atoms with Crippen LogP contribution in [0.25, 0.3) is 20.3 Å². The Morgan fingerprint density at radius 2 is 2.03 bits per heavy atom. The van der Waals surface area contributed by atoms with E-state index < -0.39 is 0 Å². The fraction of sp³-hybridized carbons (Fsp3) is 0.304. The maximum atomic E-state index is 13.7. The standard InChI is InChI=1S/C23H21ClN2O2S2/c1-2-14-7-5-11-18-20(14)25-23(30-18)26(13-15-8-6-12-28-15)22(27)21-19(24)16-9-3-4-10-17(16)29-21/h3-5,7,9-11,15H,2,6,8,12-13H2,1H3. The van der Waals surface area contributed by atoms with Crippen LogP contribution >= 0.6 is 34.3 Å². The van der Waals surface area contributed by atoms with Crippen LogP contribution in [0.2, 0.25) is 5.02 Å². The number of nitrogens with zero attached hydrogens (tertiary/aromatic N) is 2. The van der Waals surface area contributed by atoms with Gasteiger partial charge in [0.25, 0.3) is 5.91 Å². The van der Waals surface area contributed by atoms with Crippen molar-refractivity contribution in [2.24, 2.45) is 0 Å². The Bertz CT molecular complexity index is 1230. The average molecular weight is 457 g/mol. The number of amides is 1. The zero-order chi connectivity index (χ0) is 20.7. The number of hydrogen-bond donors (Lipinski definition) is 0. The van der Waals surface area contributed by atoms with Gasteiger partial charge in [-0.3, -0.25) is 9.69 Å². The number of aromatic nitrogens is 1. The largest absolute Gasteiger partial charge is 0.376 e. The van der Waals surface area contributed by atoms with Gasteiger partial charge in [-0.25, -0.2) is 4.98 Å². The van der Waals surface area contributed by atoms with E-state index in [1.165, 1.54) is 16.9 Å². The van der Waals surface area contributed by atoms with Gasteiger partial charge >= 0.3 is 0 Å². The number of carbonyl (C=O) groups is 1. The fourth-order valence-corrected chi connectivity index (χ4v) is 6.39. The summed E-state index contributed by atoms with van der Waals surface area (Å²) in [5.41, 5.74) is 2.17. The van der Waals surface area contributed by atoms with Crippen LogP contribution in [-0.4, -0.2) is 30.1 Å². The van der Waals surface area contributed by atoms with E-state index >= 15 is 0 Å². The number of thiazole rings is 1. The number of ether oxygens (including phenoxy) is 1. The number of rotatable bonds is 5. The maximum absolute atomic E-state index is 13.7. The Balaban J connectivity index is 1.59. The van der Waals surface area contributed by atoms with Crippen LogP contribution in [0, 0.1) is 0 Å². The molecule has 2 aromatic carbocycles. The first-order chi connectivity index (χ1) is 14.7. The molecule has 0 saturated carbocycles. The number of anilines is 1. The summed E-state index contributed by atoms with van der Waals surface area (Å²) >= 11 is 9.64. The van der Waals surface area contributed by atoms with E-state index in [1.807, 2.05) is 24.3 Å². The molecule has 1 aliphatic heterocycles. The molecule has 0 aliphatic carbocycles. The molecule has 5 rings (SSSR count). The van der Waals surface area contributed by atoms with Gasteiger partial charge in [0, 0.05) is 16.7 Å². The van der Waals surface area contributed by atoms with Gasteiger partial charge < -0.3 is 4.74 Å². The molecule has 1 atom stereocenters. The normalized spacial score (nSPS) is 16.5. The molecule has 3 heterocycles. The van der Waals surface area contributed by atoms with E-state index in [2.05, 4.69) is 25.1 Å². The minimum absolute atomic E-state index is 0.0276. The molecule has 0 radical (unpaired) electrons. The van der Waals surface area contributed by atoms with Crippen molar-refractivity contribution in [3.05, 3.63) is 57.9 Å². The molecule has 1 saturated heterocycles. The van der Waals surface area contributed by atoms with Crippen molar-refractivity contribution in [1.29, 1.82) is 0 Å². The molecule has 0 spiro atoms. The first-order valence-electron chi connectivity index (χ1n) is 10.1. The second-order valence-electron chi connectivity index (χ2n) is 7.41. The van der Waals surface area contributed by atoms with Gasteiger partial charge in [-0.05, 0) is 37.0 Å². The van der Waals surface area contributed by atoms with Gasteiger partial charge in [-0.15, -0.1) is 11.3 Å². The molecule has 4 nitrogen and oxygen atoms in total. The van der Waals surface area contributed by atoms with E-state index in [0.29, 0.717) is 21.6 Å². The topological polar surface area (TPSA) is 42.4 Å². The molecule has 154 valence electrons. The van der Waals surface area contributed by atoms with E-state index in [1.54, 1.807) is 16.2 Å². The lowest BCUT2D eigenvalue weighted by atomic mass is 10.1. The van der Waals surface area contributed by atoms with Gasteiger partial charge in [-0.2, -0.15) is 0 Å². The monoisotopic (exact) mass is 456 g/mol. The van der Waals surface area contributed by atoms with Gasteiger partial charge in [0.1, 0.15) is 4.88 Å². The molecule has 4 aromatic rings. The number of benzene rings is 2. The van der Waals surface area contributed by atoms with Gasteiger partial charge in [0.15, 0.2) is 5.13 Å². The molecule has 1 fully saturated rings. The Kier molecular flexibility index (Phi) is 5.50. The average Bonchev–Trinajstić information content (AvgIpc) is 3.50. The Labute approximate surface area is 188 Å². The van der Waals surface area contributed by atoms with Crippen LogP contribution in [0.4, 0.5) is 5.13 Å². The molecular weight excluding hydrogens is 436 g/mol. The summed E-state index contributed by atoms with van der Waals surface area (Å²) in [6.45, 7) is 3.36. The quantitative estimate of drug-likeness (QED) is 0.342. The van der Waals surface area contributed by atoms with Crippen molar-refractivity contribution in [3.63, 3.8) is 0 Å². The van der Waals surface area contributed by atoms with Crippen LogP contribution in [-0.2, 0) is 11.2 Å². The van der Waals surface area contributed by atoms with Crippen LogP contribution in [0.3, 0.4) is 0 Å². The SMILES string of the molecule is CCc1cccc2sc(N(CC3CCCO3)C(=O)c3sc4ccccc4c3Cl)nc12. The molecule has 0 bridgehead atoms. The lowest BCUT2D eigenvalue weighted by Crippen LogP contribution is -2.37. The highest BCUT2D eigenvalue weighted by molar-refractivity contribution is 7.23. The third kappa shape index (κ3) is 3.52. The van der Waals surface area contributed by atoms with E-state index in [-0.39, 0.29) is 12.0 Å². The minimum Gasteiger partial charge on any atom is -0.376 e. The van der Waals surface area contributed by atoms with Crippen molar-refractivity contribution in [3.8, 4) is 0 Å². The zero-order valence-corrected chi connectivity index (χ0v) is 18.9. The molecule has 2 aromatic heterocycles. The van der Waals surface area contributed by atoms with Crippen molar-refractivity contribution < 1.29 is 9.53 Å². The smallest absolute Gasteiger partial charge is 0.271 e. The summed E-state index contributed by atoms with van der Waals surface area (Å²) in [5, 5.41) is 2.15. The molecule has 1 unspecified atom stereocenters. The van der Waals surface area contributed by atoms with Gasteiger partial charge in [-0.1, -0.05) is 60.2 Å². The second kappa shape index (κ2) is 8.27. The summed E-state index contributed by atoms with van der Waals surface area (Å²) < 4.78 is 7.96. The molecule has 1 amide bonds. The molecule has 1 aliphatic rings. The number of carbonyl (C=O) groups excluding carboxylic acids is 1. The highest BCUT2D eigenvalue weighted by Gasteiger charge is 2.30. The fourth-order valence-electron chi connectivity index (χ4n) is 3.91. The first-order valence-corrected chi connectivity index (χ1v) is 12.2. The number of para-hydroxylation sites is 1. The predicted octanol–water partition coefficient (Wildman–Crippen LogP) is 6.55. The van der Waals surface area contributed by atoms with Gasteiger partial charge in [0.05, 0.1) is 27.9 Å². The summed E-state index contributed by atoms with van der Waals surface area (Å²) in [6.07, 6.45) is 2.91. The van der Waals surface area contributed by atoms with Crippen molar-refractivity contribution in [1.82, 2.24) is 4.98 Å². The minimum atomic E-state index is -0.103. The Morgan fingerprint density at radius 1 is 1.20 bits per heavy atom. The highest BCUT2D eigenvalue weighted by Crippen LogP contribution is 2.38. The summed E-state index contributed by atoms with van der Waals surface area (Å²) in [5.74, 6) is -0.103. The Hall–Kier alpha value is -1.99. The molecule has 30 heavy (non-hydrogen) atoms. The number of aryl methyl sites for hydroxylation is 1. The van der Waals surface area contributed by atoms with Crippen molar-refractivity contribution >= 4 is 65.6 Å². The predicted molar refractivity (Wildman–Crippen MR) is 126 cm³/mol. The molecule has 0 N–H and O–H groups in total. The second-order valence-corrected chi connectivity index (χ2v) is 9.85. The molecular formula is C23H21ClN2O2S2. The zero-order valence-electron chi connectivity index (χ0n) is 16.6. The van der Waals surface area contributed by atoms with E-state index in [4.69, 9.17) is 21.3 Å². The summed E-state index contributed by atoms with van der Waals surface area (Å²) in [7, 11) is 0. The van der Waals surface area contributed by atoms with E-state index in [0.717, 1.165) is 46.2 Å². The number of hydrogen-bond acceptors (Lipinski definition) is 5. The third-order valence-electron chi connectivity index (χ3n) is 5.49. The van der Waals surface area contributed by atoms with E-state index in [9.17, 15) is 4.79 Å². The van der Waals surface area contributed by atoms with Crippen LogP contribution in [0.15, 0.2) is 42.5 Å². The first kappa shape index (κ1) is 19.9. The van der Waals surface area contributed by atoms with Gasteiger partial charge in [0.2, 0.25) is 0 Å². The maximum Gasteiger partial charge on any atom is 0.271 e. The van der Waals surface area contributed by atoms with Crippen LogP contribution < -0.4 is 4.90 Å².